The maximum atomic E-state index is 11.1. The quantitative estimate of drug-likeness (QED) is 0.667. The fourth-order valence-electron chi connectivity index (χ4n) is 1.64. The third-order valence-corrected chi connectivity index (χ3v) is 3.32. The van der Waals surface area contributed by atoms with Gasteiger partial charge < -0.3 is 10.5 Å². The van der Waals surface area contributed by atoms with Gasteiger partial charge in [-0.3, -0.25) is 10.1 Å². The molecule has 0 saturated carbocycles. The standard InChI is InChI=1S/C13H13BrN4O3/c1-3-11-16-12(15)7(2)13(17-11)21-10-5-4-8(14)6-9(10)18(19)20/h4-6H,3H2,1-2H3,(H2,15,16,17). The summed E-state index contributed by atoms with van der Waals surface area (Å²) < 4.78 is 6.18. The van der Waals surface area contributed by atoms with E-state index in [0.717, 1.165) is 0 Å². The molecule has 1 aromatic carbocycles. The average Bonchev–Trinajstić information content (AvgIpc) is 2.45. The van der Waals surface area contributed by atoms with Gasteiger partial charge in [0, 0.05) is 17.0 Å². The smallest absolute Gasteiger partial charge is 0.312 e. The molecule has 0 saturated heterocycles. The second-order valence-corrected chi connectivity index (χ2v) is 5.20. The van der Waals surface area contributed by atoms with Crippen molar-refractivity contribution >= 4 is 27.4 Å². The van der Waals surface area contributed by atoms with Crippen LogP contribution in [0.25, 0.3) is 0 Å². The van der Waals surface area contributed by atoms with Gasteiger partial charge in [-0.25, -0.2) is 4.98 Å². The number of nitro groups is 1. The summed E-state index contributed by atoms with van der Waals surface area (Å²) in [5, 5.41) is 11.1. The van der Waals surface area contributed by atoms with E-state index in [2.05, 4.69) is 25.9 Å². The normalized spacial score (nSPS) is 10.4. The van der Waals surface area contributed by atoms with Crippen LogP contribution in [-0.2, 0) is 6.42 Å². The maximum Gasteiger partial charge on any atom is 0.312 e. The van der Waals surface area contributed by atoms with E-state index in [-0.39, 0.29) is 17.3 Å². The fraction of sp³-hybridized carbons (Fsp3) is 0.231. The van der Waals surface area contributed by atoms with Crippen molar-refractivity contribution in [1.82, 2.24) is 9.97 Å². The molecule has 110 valence electrons. The summed E-state index contributed by atoms with van der Waals surface area (Å²) in [7, 11) is 0. The van der Waals surface area contributed by atoms with Crippen LogP contribution in [-0.4, -0.2) is 14.9 Å². The number of nitro benzene ring substituents is 1. The van der Waals surface area contributed by atoms with Crippen LogP contribution in [0, 0.1) is 17.0 Å². The summed E-state index contributed by atoms with van der Waals surface area (Å²) in [5.74, 6) is 1.15. The third-order valence-electron chi connectivity index (χ3n) is 2.83. The van der Waals surface area contributed by atoms with Crippen molar-refractivity contribution in [2.24, 2.45) is 0 Å². The Labute approximate surface area is 129 Å². The Morgan fingerprint density at radius 1 is 1.43 bits per heavy atom. The van der Waals surface area contributed by atoms with E-state index < -0.39 is 4.92 Å². The Morgan fingerprint density at radius 2 is 2.14 bits per heavy atom. The van der Waals surface area contributed by atoms with Gasteiger partial charge in [-0.1, -0.05) is 22.9 Å². The van der Waals surface area contributed by atoms with E-state index in [1.807, 2.05) is 6.92 Å². The summed E-state index contributed by atoms with van der Waals surface area (Å²) in [6.07, 6.45) is 0.587. The number of nitrogens with zero attached hydrogens (tertiary/aromatic N) is 3. The lowest BCUT2D eigenvalue weighted by Gasteiger charge is -2.10. The molecule has 2 aromatic rings. The van der Waals surface area contributed by atoms with Gasteiger partial charge in [0.05, 0.1) is 10.5 Å². The first-order chi connectivity index (χ1) is 9.92. The Hall–Kier alpha value is -2.22. The number of anilines is 1. The molecule has 2 rings (SSSR count). The number of halogens is 1. The number of benzene rings is 1. The lowest BCUT2D eigenvalue weighted by atomic mass is 10.3. The van der Waals surface area contributed by atoms with Crippen molar-refractivity contribution in [3.63, 3.8) is 0 Å². The Morgan fingerprint density at radius 3 is 2.76 bits per heavy atom. The molecular weight excluding hydrogens is 340 g/mol. The number of aromatic nitrogens is 2. The van der Waals surface area contributed by atoms with Gasteiger partial charge in [-0.15, -0.1) is 0 Å². The van der Waals surface area contributed by atoms with Crippen molar-refractivity contribution in [3.8, 4) is 11.6 Å². The molecule has 0 fully saturated rings. The topological polar surface area (TPSA) is 104 Å². The summed E-state index contributed by atoms with van der Waals surface area (Å²) >= 11 is 3.19. The minimum absolute atomic E-state index is 0.103. The molecule has 0 aliphatic heterocycles. The van der Waals surface area contributed by atoms with E-state index in [0.29, 0.717) is 28.1 Å². The zero-order chi connectivity index (χ0) is 15.6. The molecule has 0 atom stereocenters. The first-order valence-corrected chi connectivity index (χ1v) is 6.96. The molecule has 0 radical (unpaired) electrons. The molecule has 0 bridgehead atoms. The highest BCUT2D eigenvalue weighted by molar-refractivity contribution is 9.10. The summed E-state index contributed by atoms with van der Waals surface area (Å²) in [5.41, 5.74) is 6.19. The van der Waals surface area contributed by atoms with Crippen LogP contribution in [0.2, 0.25) is 0 Å². The predicted octanol–water partition coefficient (Wildman–Crippen LogP) is 3.39. The summed E-state index contributed by atoms with van der Waals surface area (Å²) in [6, 6.07) is 4.53. The highest BCUT2D eigenvalue weighted by Gasteiger charge is 2.19. The second-order valence-electron chi connectivity index (χ2n) is 4.28. The van der Waals surface area contributed by atoms with Gasteiger partial charge in [0.25, 0.3) is 0 Å². The molecule has 0 amide bonds. The summed E-state index contributed by atoms with van der Waals surface area (Å²) in [4.78, 5) is 18.9. The van der Waals surface area contributed by atoms with Crippen LogP contribution in [0.3, 0.4) is 0 Å². The fourth-order valence-corrected chi connectivity index (χ4v) is 1.99. The van der Waals surface area contributed by atoms with E-state index in [1.54, 1.807) is 13.0 Å². The lowest BCUT2D eigenvalue weighted by Crippen LogP contribution is -2.05. The number of rotatable bonds is 4. The maximum absolute atomic E-state index is 11.1. The number of aryl methyl sites for hydroxylation is 1. The van der Waals surface area contributed by atoms with Crippen molar-refractivity contribution in [1.29, 1.82) is 0 Å². The molecule has 0 aliphatic carbocycles. The molecule has 0 spiro atoms. The van der Waals surface area contributed by atoms with E-state index in [1.165, 1.54) is 12.1 Å². The molecule has 1 heterocycles. The minimum atomic E-state index is -0.513. The number of hydrogen-bond acceptors (Lipinski definition) is 6. The van der Waals surface area contributed by atoms with E-state index in [9.17, 15) is 10.1 Å². The second kappa shape index (κ2) is 6.04. The SMILES string of the molecule is CCc1nc(N)c(C)c(Oc2ccc(Br)cc2[N+](=O)[O-])n1. The predicted molar refractivity (Wildman–Crippen MR) is 81.4 cm³/mol. The van der Waals surface area contributed by atoms with Gasteiger partial charge in [0.15, 0.2) is 0 Å². The highest BCUT2D eigenvalue weighted by Crippen LogP contribution is 2.34. The van der Waals surface area contributed by atoms with Crippen LogP contribution in [0.5, 0.6) is 11.6 Å². The lowest BCUT2D eigenvalue weighted by molar-refractivity contribution is -0.385. The average molecular weight is 353 g/mol. The zero-order valence-corrected chi connectivity index (χ0v) is 13.0. The third kappa shape index (κ3) is 3.27. The first-order valence-electron chi connectivity index (χ1n) is 6.17. The molecule has 8 heteroatoms. The van der Waals surface area contributed by atoms with Crippen molar-refractivity contribution in [2.75, 3.05) is 5.73 Å². The molecule has 0 unspecified atom stereocenters. The number of nitrogen functional groups attached to an aromatic ring is 1. The molecule has 1 aromatic heterocycles. The van der Waals surface area contributed by atoms with Crippen LogP contribution in [0.4, 0.5) is 11.5 Å². The van der Waals surface area contributed by atoms with Gasteiger partial charge in [-0.2, -0.15) is 4.98 Å². The zero-order valence-electron chi connectivity index (χ0n) is 11.5. The van der Waals surface area contributed by atoms with Crippen LogP contribution in [0.1, 0.15) is 18.3 Å². The van der Waals surface area contributed by atoms with Crippen LogP contribution < -0.4 is 10.5 Å². The molecule has 7 nitrogen and oxygen atoms in total. The number of nitrogens with two attached hydrogens (primary N) is 1. The summed E-state index contributed by atoms with van der Waals surface area (Å²) in [6.45, 7) is 3.59. The number of ether oxygens (including phenoxy) is 1. The number of hydrogen-bond donors (Lipinski definition) is 1. The molecule has 21 heavy (non-hydrogen) atoms. The Bertz CT molecular complexity index is 706. The van der Waals surface area contributed by atoms with E-state index in [4.69, 9.17) is 10.5 Å². The van der Waals surface area contributed by atoms with Crippen LogP contribution in [0.15, 0.2) is 22.7 Å². The van der Waals surface area contributed by atoms with E-state index >= 15 is 0 Å². The van der Waals surface area contributed by atoms with Gasteiger partial charge in [0.1, 0.15) is 11.6 Å². The Kier molecular flexibility index (Phi) is 4.37. The Balaban J connectivity index is 2.48. The largest absolute Gasteiger partial charge is 0.431 e. The van der Waals surface area contributed by atoms with Gasteiger partial charge in [-0.05, 0) is 19.1 Å². The van der Waals surface area contributed by atoms with Crippen LogP contribution >= 0.6 is 15.9 Å². The minimum Gasteiger partial charge on any atom is -0.431 e. The first kappa shape index (κ1) is 15.2. The molecule has 2 N–H and O–H groups in total. The van der Waals surface area contributed by atoms with Crippen molar-refractivity contribution < 1.29 is 9.66 Å². The highest BCUT2D eigenvalue weighted by atomic mass is 79.9. The molecule has 0 aliphatic rings. The van der Waals surface area contributed by atoms with Crippen molar-refractivity contribution in [3.05, 3.63) is 44.2 Å². The van der Waals surface area contributed by atoms with Gasteiger partial charge >= 0.3 is 5.69 Å². The monoisotopic (exact) mass is 352 g/mol. The molecular formula is C13H13BrN4O3. The van der Waals surface area contributed by atoms with Crippen molar-refractivity contribution in [2.45, 2.75) is 20.3 Å². The van der Waals surface area contributed by atoms with Gasteiger partial charge in [0.2, 0.25) is 11.6 Å².